The molecule has 0 saturated carbocycles. The quantitative estimate of drug-likeness (QED) is 0.537. The van der Waals surface area contributed by atoms with E-state index >= 15 is 0 Å². The predicted octanol–water partition coefficient (Wildman–Crippen LogP) is 3.71. The van der Waals surface area contributed by atoms with E-state index in [1.165, 1.54) is 0 Å². The molecule has 140 valence electrons. The lowest BCUT2D eigenvalue weighted by molar-refractivity contribution is -0.132. The van der Waals surface area contributed by atoms with Crippen molar-refractivity contribution in [3.05, 3.63) is 35.9 Å². The van der Waals surface area contributed by atoms with Crippen LogP contribution in [0.15, 0.2) is 40.6 Å². The SMILES string of the molecule is C#CCCC1(CCC(=O)N(CCN(CC)CC)Cc2ccccc2)N=N1. The van der Waals surface area contributed by atoms with Crippen LogP contribution in [0, 0.1) is 12.3 Å². The summed E-state index contributed by atoms with van der Waals surface area (Å²) in [6, 6.07) is 10.2. The molecule has 1 aliphatic rings. The van der Waals surface area contributed by atoms with E-state index in [0.717, 1.165) is 38.2 Å². The third-order valence-electron chi connectivity index (χ3n) is 4.94. The summed E-state index contributed by atoms with van der Waals surface area (Å²) < 4.78 is 0. The normalized spacial score (nSPS) is 14.2. The molecule has 0 saturated heterocycles. The number of likely N-dealkylation sites (N-methyl/N-ethyl adjacent to an activating group) is 1. The molecule has 1 aromatic carbocycles. The molecule has 0 fully saturated rings. The van der Waals surface area contributed by atoms with Gasteiger partial charge in [-0.05, 0) is 18.7 Å². The molecule has 0 radical (unpaired) electrons. The fourth-order valence-corrected chi connectivity index (χ4v) is 3.03. The van der Waals surface area contributed by atoms with Gasteiger partial charge in [-0.1, -0.05) is 44.2 Å². The van der Waals surface area contributed by atoms with E-state index in [2.05, 4.69) is 47.0 Å². The van der Waals surface area contributed by atoms with Crippen molar-refractivity contribution in [3.63, 3.8) is 0 Å². The summed E-state index contributed by atoms with van der Waals surface area (Å²) in [5.41, 5.74) is 0.766. The number of hydrogen-bond donors (Lipinski definition) is 0. The molecule has 1 heterocycles. The van der Waals surface area contributed by atoms with Gasteiger partial charge in [0.05, 0.1) is 0 Å². The Kier molecular flexibility index (Phi) is 7.80. The lowest BCUT2D eigenvalue weighted by atomic mass is 10.0. The molecule has 0 N–H and O–H groups in total. The minimum atomic E-state index is -0.390. The van der Waals surface area contributed by atoms with Crippen LogP contribution in [-0.4, -0.2) is 47.5 Å². The molecule has 2 rings (SSSR count). The first-order chi connectivity index (χ1) is 12.6. The molecule has 26 heavy (non-hydrogen) atoms. The van der Waals surface area contributed by atoms with Crippen molar-refractivity contribution < 1.29 is 4.79 Å². The summed E-state index contributed by atoms with van der Waals surface area (Å²) >= 11 is 0. The molecule has 1 amide bonds. The minimum absolute atomic E-state index is 0.165. The Morgan fingerprint density at radius 2 is 1.81 bits per heavy atom. The van der Waals surface area contributed by atoms with Crippen LogP contribution < -0.4 is 0 Å². The first-order valence-electron chi connectivity index (χ1n) is 9.54. The van der Waals surface area contributed by atoms with Gasteiger partial charge >= 0.3 is 0 Å². The van der Waals surface area contributed by atoms with Crippen molar-refractivity contribution in [3.8, 4) is 12.3 Å². The van der Waals surface area contributed by atoms with Crippen LogP contribution in [-0.2, 0) is 11.3 Å². The maximum absolute atomic E-state index is 12.9. The lowest BCUT2D eigenvalue weighted by Crippen LogP contribution is -2.38. The van der Waals surface area contributed by atoms with Gasteiger partial charge in [0.25, 0.3) is 0 Å². The molecular formula is C21H30N4O. The first-order valence-corrected chi connectivity index (χ1v) is 9.54. The molecule has 0 aromatic heterocycles. The molecule has 0 unspecified atom stereocenters. The zero-order valence-corrected chi connectivity index (χ0v) is 16.0. The van der Waals surface area contributed by atoms with E-state index in [9.17, 15) is 4.79 Å². The van der Waals surface area contributed by atoms with Crippen LogP contribution in [0.4, 0.5) is 0 Å². The summed E-state index contributed by atoms with van der Waals surface area (Å²) in [7, 11) is 0. The van der Waals surface area contributed by atoms with Crippen molar-refractivity contribution in [2.45, 2.75) is 51.7 Å². The number of hydrogen-bond acceptors (Lipinski definition) is 4. The first kappa shape index (κ1) is 20.1. The van der Waals surface area contributed by atoms with E-state index in [0.29, 0.717) is 25.8 Å². The second kappa shape index (κ2) is 10.1. The fraction of sp³-hybridized carbons (Fsp3) is 0.571. The van der Waals surface area contributed by atoms with Gasteiger partial charge < -0.3 is 9.80 Å². The molecular weight excluding hydrogens is 324 g/mol. The van der Waals surface area contributed by atoms with Crippen LogP contribution in [0.25, 0.3) is 0 Å². The number of carbonyl (C=O) groups is 1. The average Bonchev–Trinajstić information content (AvgIpc) is 3.45. The highest BCUT2D eigenvalue weighted by atomic mass is 16.2. The Morgan fingerprint density at radius 1 is 1.12 bits per heavy atom. The van der Waals surface area contributed by atoms with Crippen molar-refractivity contribution in [2.24, 2.45) is 10.2 Å². The van der Waals surface area contributed by atoms with Gasteiger partial charge in [0, 0.05) is 45.3 Å². The van der Waals surface area contributed by atoms with Gasteiger partial charge in [-0.3, -0.25) is 4.79 Å². The van der Waals surface area contributed by atoms with Crippen LogP contribution in [0.2, 0.25) is 0 Å². The monoisotopic (exact) mass is 354 g/mol. The van der Waals surface area contributed by atoms with Crippen molar-refractivity contribution in [1.82, 2.24) is 9.80 Å². The zero-order valence-electron chi connectivity index (χ0n) is 16.0. The molecule has 0 atom stereocenters. The summed E-state index contributed by atoms with van der Waals surface area (Å²) in [6.07, 6.45) is 7.85. The Bertz CT molecular complexity index is 625. The molecule has 1 aliphatic heterocycles. The number of rotatable bonds is 12. The number of benzene rings is 1. The number of amides is 1. The van der Waals surface area contributed by atoms with Crippen LogP contribution in [0.3, 0.4) is 0 Å². The van der Waals surface area contributed by atoms with Gasteiger partial charge in [-0.15, -0.1) is 12.3 Å². The van der Waals surface area contributed by atoms with Crippen LogP contribution in [0.1, 0.15) is 45.1 Å². The molecule has 5 nitrogen and oxygen atoms in total. The second-order valence-corrected chi connectivity index (χ2v) is 6.71. The largest absolute Gasteiger partial charge is 0.337 e. The Balaban J connectivity index is 1.93. The maximum atomic E-state index is 12.9. The standard InChI is InChI=1S/C21H30N4O/c1-4-7-14-21(22-23-21)15-13-20(26)25(17-16-24(5-2)6-3)18-19-11-9-8-10-12-19/h1,8-12H,5-7,13-18H2,2-3H3. The Labute approximate surface area is 157 Å². The van der Waals surface area contributed by atoms with Gasteiger partial charge in [0.1, 0.15) is 0 Å². The highest BCUT2D eigenvalue weighted by Crippen LogP contribution is 2.37. The summed E-state index contributed by atoms with van der Waals surface area (Å²) in [5.74, 6) is 2.80. The number of carbonyl (C=O) groups excluding carboxylic acids is 1. The van der Waals surface area contributed by atoms with E-state index in [1.807, 2.05) is 23.1 Å². The van der Waals surface area contributed by atoms with E-state index in [1.54, 1.807) is 0 Å². The van der Waals surface area contributed by atoms with Gasteiger partial charge in [-0.25, -0.2) is 0 Å². The lowest BCUT2D eigenvalue weighted by Gasteiger charge is -2.27. The Morgan fingerprint density at radius 3 is 2.38 bits per heavy atom. The molecule has 0 aliphatic carbocycles. The summed E-state index contributed by atoms with van der Waals surface area (Å²) in [4.78, 5) is 17.2. The molecule has 0 bridgehead atoms. The van der Waals surface area contributed by atoms with Crippen molar-refractivity contribution in [2.75, 3.05) is 26.2 Å². The molecule has 0 spiro atoms. The number of terminal acetylenes is 1. The van der Waals surface area contributed by atoms with E-state index < -0.39 is 0 Å². The van der Waals surface area contributed by atoms with Gasteiger partial charge in [-0.2, -0.15) is 10.2 Å². The van der Waals surface area contributed by atoms with E-state index in [-0.39, 0.29) is 11.6 Å². The van der Waals surface area contributed by atoms with E-state index in [4.69, 9.17) is 6.42 Å². The fourth-order valence-electron chi connectivity index (χ4n) is 3.03. The second-order valence-electron chi connectivity index (χ2n) is 6.71. The van der Waals surface area contributed by atoms with Crippen molar-refractivity contribution >= 4 is 5.91 Å². The topological polar surface area (TPSA) is 48.3 Å². The highest BCUT2D eigenvalue weighted by molar-refractivity contribution is 5.76. The zero-order chi connectivity index (χ0) is 18.8. The smallest absolute Gasteiger partial charge is 0.223 e. The minimum Gasteiger partial charge on any atom is -0.337 e. The van der Waals surface area contributed by atoms with Gasteiger partial charge in [0.2, 0.25) is 5.91 Å². The van der Waals surface area contributed by atoms with Crippen LogP contribution in [0.5, 0.6) is 0 Å². The van der Waals surface area contributed by atoms with Gasteiger partial charge in [0.15, 0.2) is 5.66 Å². The predicted molar refractivity (Wildman–Crippen MR) is 105 cm³/mol. The molecule has 5 heteroatoms. The van der Waals surface area contributed by atoms with Crippen LogP contribution >= 0.6 is 0 Å². The van der Waals surface area contributed by atoms with Crippen molar-refractivity contribution in [1.29, 1.82) is 0 Å². The Hall–Kier alpha value is -2.19. The highest BCUT2D eigenvalue weighted by Gasteiger charge is 2.39. The third kappa shape index (κ3) is 6.27. The molecule has 1 aromatic rings. The third-order valence-corrected chi connectivity index (χ3v) is 4.94. The summed E-state index contributed by atoms with van der Waals surface area (Å²) in [5, 5.41) is 8.28. The number of nitrogens with zero attached hydrogens (tertiary/aromatic N) is 4. The summed E-state index contributed by atoms with van der Waals surface area (Å²) in [6.45, 7) is 8.57. The average molecular weight is 354 g/mol. The maximum Gasteiger partial charge on any atom is 0.223 e.